The van der Waals surface area contributed by atoms with E-state index in [9.17, 15) is 0 Å². The number of pyridine rings is 1. The highest BCUT2D eigenvalue weighted by atomic mass is 35.5. The topological polar surface area (TPSA) is 30.4 Å². The number of rotatable bonds is 1. The summed E-state index contributed by atoms with van der Waals surface area (Å²) < 4.78 is 7.40. The van der Waals surface area contributed by atoms with Crippen LogP contribution < -0.4 is 0 Å². The molecule has 92 valence electrons. The van der Waals surface area contributed by atoms with Gasteiger partial charge in [0.1, 0.15) is 12.0 Å². The fourth-order valence-corrected chi connectivity index (χ4v) is 2.57. The van der Waals surface area contributed by atoms with Crippen LogP contribution in [-0.4, -0.2) is 9.38 Å². The molecule has 0 saturated heterocycles. The van der Waals surface area contributed by atoms with E-state index in [2.05, 4.69) is 4.98 Å². The van der Waals surface area contributed by atoms with E-state index in [-0.39, 0.29) is 0 Å². The first-order valence-electron chi connectivity index (χ1n) is 5.76. The van der Waals surface area contributed by atoms with E-state index in [1.165, 1.54) is 0 Å². The van der Waals surface area contributed by atoms with Crippen molar-refractivity contribution in [2.45, 2.75) is 20.8 Å². The average Bonchev–Trinajstić information content (AvgIpc) is 2.82. The molecule has 0 bridgehead atoms. The standard InChI is InChI=1S/C14H13ClN2O/c1-8-4-12(15)14-16-10(3)13(17(14)6-8)11-5-9(2)18-7-11/h4-7H,1-3H3. The number of nitrogens with zero attached hydrogens (tertiary/aromatic N) is 2. The molecule has 0 spiro atoms. The molecular weight excluding hydrogens is 248 g/mol. The third kappa shape index (κ3) is 1.63. The molecule has 0 N–H and O–H groups in total. The fraction of sp³-hybridized carbons (Fsp3) is 0.214. The summed E-state index contributed by atoms with van der Waals surface area (Å²) in [5.41, 5.74) is 4.90. The Morgan fingerprint density at radius 1 is 1.22 bits per heavy atom. The van der Waals surface area contributed by atoms with Gasteiger partial charge in [-0.05, 0) is 38.5 Å². The minimum absolute atomic E-state index is 0.671. The molecule has 3 rings (SSSR count). The fourth-order valence-electron chi connectivity index (χ4n) is 2.26. The predicted molar refractivity (Wildman–Crippen MR) is 72.1 cm³/mol. The van der Waals surface area contributed by atoms with Crippen LogP contribution in [-0.2, 0) is 0 Å². The SMILES string of the molecule is Cc1cc(Cl)c2nc(C)c(-c3coc(C)c3)n2c1. The minimum atomic E-state index is 0.671. The van der Waals surface area contributed by atoms with Gasteiger partial charge in [0.15, 0.2) is 5.65 Å². The van der Waals surface area contributed by atoms with Gasteiger partial charge >= 0.3 is 0 Å². The van der Waals surface area contributed by atoms with E-state index < -0.39 is 0 Å². The Labute approximate surface area is 110 Å². The molecule has 3 aromatic rings. The zero-order chi connectivity index (χ0) is 12.9. The van der Waals surface area contributed by atoms with Gasteiger partial charge in [-0.25, -0.2) is 4.98 Å². The number of hydrogen-bond donors (Lipinski definition) is 0. The van der Waals surface area contributed by atoms with Crippen LogP contribution in [0.2, 0.25) is 5.02 Å². The molecule has 0 aliphatic carbocycles. The van der Waals surface area contributed by atoms with Gasteiger partial charge in [-0.1, -0.05) is 11.6 Å². The van der Waals surface area contributed by atoms with Crippen LogP contribution in [0, 0.1) is 20.8 Å². The van der Waals surface area contributed by atoms with Gasteiger partial charge in [0.05, 0.1) is 16.4 Å². The van der Waals surface area contributed by atoms with E-state index in [1.807, 2.05) is 43.5 Å². The zero-order valence-corrected chi connectivity index (χ0v) is 11.2. The minimum Gasteiger partial charge on any atom is -0.469 e. The number of imidazole rings is 1. The Hall–Kier alpha value is -1.74. The molecule has 0 radical (unpaired) electrons. The summed E-state index contributed by atoms with van der Waals surface area (Å²) in [6.07, 6.45) is 3.79. The second-order valence-electron chi connectivity index (χ2n) is 4.55. The first-order chi connectivity index (χ1) is 8.56. The number of fused-ring (bicyclic) bond motifs is 1. The number of aryl methyl sites for hydroxylation is 3. The Balaban J connectivity index is 2.38. The summed E-state index contributed by atoms with van der Waals surface area (Å²) in [7, 11) is 0. The summed E-state index contributed by atoms with van der Waals surface area (Å²) in [6.45, 7) is 5.93. The highest BCUT2D eigenvalue weighted by molar-refractivity contribution is 6.33. The maximum absolute atomic E-state index is 6.23. The summed E-state index contributed by atoms with van der Waals surface area (Å²) in [6, 6.07) is 3.93. The Bertz CT molecular complexity index is 740. The summed E-state index contributed by atoms with van der Waals surface area (Å²) in [4.78, 5) is 4.53. The molecule has 0 aromatic carbocycles. The number of hydrogen-bond acceptors (Lipinski definition) is 2. The molecule has 0 unspecified atom stereocenters. The van der Waals surface area contributed by atoms with Crippen molar-refractivity contribution in [3.05, 3.63) is 46.6 Å². The largest absolute Gasteiger partial charge is 0.469 e. The van der Waals surface area contributed by atoms with Crippen molar-refractivity contribution in [2.24, 2.45) is 0 Å². The summed E-state index contributed by atoms with van der Waals surface area (Å²) >= 11 is 6.23. The van der Waals surface area contributed by atoms with E-state index in [0.717, 1.165) is 33.9 Å². The highest BCUT2D eigenvalue weighted by Crippen LogP contribution is 2.29. The third-order valence-corrected chi connectivity index (χ3v) is 3.27. The lowest BCUT2D eigenvalue weighted by Gasteiger charge is -2.02. The van der Waals surface area contributed by atoms with Gasteiger partial charge in [-0.15, -0.1) is 0 Å². The second kappa shape index (κ2) is 3.89. The van der Waals surface area contributed by atoms with Crippen LogP contribution >= 0.6 is 11.6 Å². The van der Waals surface area contributed by atoms with Crippen LogP contribution in [0.3, 0.4) is 0 Å². The van der Waals surface area contributed by atoms with Crippen LogP contribution in [0.4, 0.5) is 0 Å². The maximum Gasteiger partial charge on any atom is 0.156 e. The average molecular weight is 261 g/mol. The van der Waals surface area contributed by atoms with Gasteiger partial charge in [-0.2, -0.15) is 0 Å². The molecule has 0 saturated carbocycles. The molecule has 0 amide bonds. The lowest BCUT2D eigenvalue weighted by molar-refractivity contribution is 0.535. The first-order valence-corrected chi connectivity index (χ1v) is 6.14. The van der Waals surface area contributed by atoms with Crippen molar-refractivity contribution in [1.82, 2.24) is 9.38 Å². The summed E-state index contributed by atoms with van der Waals surface area (Å²) in [5.74, 6) is 0.887. The Morgan fingerprint density at radius 2 is 2.00 bits per heavy atom. The van der Waals surface area contributed by atoms with Crippen molar-refractivity contribution in [2.75, 3.05) is 0 Å². The molecule has 3 aromatic heterocycles. The van der Waals surface area contributed by atoms with E-state index in [4.69, 9.17) is 16.0 Å². The van der Waals surface area contributed by atoms with Gasteiger partial charge in [-0.3, -0.25) is 4.40 Å². The smallest absolute Gasteiger partial charge is 0.156 e. The zero-order valence-electron chi connectivity index (χ0n) is 10.5. The Morgan fingerprint density at radius 3 is 2.67 bits per heavy atom. The quantitative estimate of drug-likeness (QED) is 0.657. The van der Waals surface area contributed by atoms with Crippen LogP contribution in [0.5, 0.6) is 0 Å². The van der Waals surface area contributed by atoms with Gasteiger partial charge < -0.3 is 4.42 Å². The van der Waals surface area contributed by atoms with Crippen molar-refractivity contribution >= 4 is 17.2 Å². The summed E-state index contributed by atoms with van der Waals surface area (Å²) in [5, 5.41) is 0.671. The molecule has 18 heavy (non-hydrogen) atoms. The molecule has 0 atom stereocenters. The third-order valence-electron chi connectivity index (χ3n) is 2.99. The maximum atomic E-state index is 6.23. The van der Waals surface area contributed by atoms with Crippen molar-refractivity contribution < 1.29 is 4.42 Å². The number of halogens is 1. The molecule has 0 aliphatic heterocycles. The molecule has 0 aliphatic rings. The van der Waals surface area contributed by atoms with Crippen LogP contribution in [0.1, 0.15) is 17.0 Å². The Kier molecular flexibility index (Phi) is 2.45. The van der Waals surface area contributed by atoms with E-state index >= 15 is 0 Å². The molecule has 3 nitrogen and oxygen atoms in total. The lowest BCUT2D eigenvalue weighted by atomic mass is 10.2. The number of furan rings is 1. The van der Waals surface area contributed by atoms with E-state index in [0.29, 0.717) is 5.02 Å². The van der Waals surface area contributed by atoms with E-state index in [1.54, 1.807) is 6.26 Å². The predicted octanol–water partition coefficient (Wildman–Crippen LogP) is 4.17. The van der Waals surface area contributed by atoms with Crippen LogP contribution in [0.25, 0.3) is 16.9 Å². The second-order valence-corrected chi connectivity index (χ2v) is 4.96. The van der Waals surface area contributed by atoms with Crippen molar-refractivity contribution in [3.63, 3.8) is 0 Å². The van der Waals surface area contributed by atoms with Gasteiger partial charge in [0.25, 0.3) is 0 Å². The lowest BCUT2D eigenvalue weighted by Crippen LogP contribution is -1.90. The van der Waals surface area contributed by atoms with Gasteiger partial charge in [0, 0.05) is 11.8 Å². The normalized spacial score (nSPS) is 11.3. The molecule has 3 heterocycles. The number of aromatic nitrogens is 2. The molecule has 4 heteroatoms. The first kappa shape index (κ1) is 11.4. The monoisotopic (exact) mass is 260 g/mol. The highest BCUT2D eigenvalue weighted by Gasteiger charge is 2.14. The van der Waals surface area contributed by atoms with Crippen molar-refractivity contribution in [1.29, 1.82) is 0 Å². The van der Waals surface area contributed by atoms with Gasteiger partial charge in [0.2, 0.25) is 0 Å². The van der Waals surface area contributed by atoms with Crippen LogP contribution in [0.15, 0.2) is 29.0 Å². The molecular formula is C14H13ClN2O. The van der Waals surface area contributed by atoms with Crippen molar-refractivity contribution in [3.8, 4) is 11.3 Å². The molecule has 0 fully saturated rings.